The number of rotatable bonds is 6. The number of aromatic nitrogens is 4. The second kappa shape index (κ2) is 7.70. The fraction of sp³-hybridized carbons (Fsp3) is 0.250. The summed E-state index contributed by atoms with van der Waals surface area (Å²) in [5, 5.41) is 8.15. The highest BCUT2D eigenvalue weighted by atomic mass is 16.4. The van der Waals surface area contributed by atoms with Gasteiger partial charge in [0.2, 0.25) is 5.91 Å². The summed E-state index contributed by atoms with van der Waals surface area (Å²) in [6.07, 6.45) is 3.72. The normalized spacial score (nSPS) is 12.3. The van der Waals surface area contributed by atoms with Gasteiger partial charge in [0, 0.05) is 17.6 Å². The number of carbonyl (C=O) groups excluding carboxylic acids is 1. The van der Waals surface area contributed by atoms with Crippen LogP contribution in [0, 0.1) is 0 Å². The highest BCUT2D eigenvalue weighted by Gasteiger charge is 2.17. The zero-order valence-corrected chi connectivity index (χ0v) is 15.7. The van der Waals surface area contributed by atoms with Crippen LogP contribution in [0.4, 0.5) is 0 Å². The van der Waals surface area contributed by atoms with E-state index in [0.717, 1.165) is 10.1 Å². The topological polar surface area (TPSA) is 112 Å². The van der Waals surface area contributed by atoms with Gasteiger partial charge in [0.15, 0.2) is 11.2 Å². The molecule has 1 amide bonds. The molecule has 1 aromatic carbocycles. The van der Waals surface area contributed by atoms with Crippen molar-refractivity contribution in [3.05, 3.63) is 69.7 Å². The molecule has 9 nitrogen and oxygen atoms in total. The van der Waals surface area contributed by atoms with Gasteiger partial charge in [-0.05, 0) is 24.6 Å². The first kappa shape index (κ1) is 18.6. The van der Waals surface area contributed by atoms with E-state index in [1.807, 2.05) is 13.0 Å². The molecule has 0 bridgehead atoms. The van der Waals surface area contributed by atoms with E-state index >= 15 is 0 Å². The molecular weight excluding hydrogens is 374 g/mol. The van der Waals surface area contributed by atoms with Crippen molar-refractivity contribution in [1.29, 1.82) is 0 Å². The van der Waals surface area contributed by atoms with Crippen molar-refractivity contribution in [3.8, 4) is 0 Å². The molecule has 0 aliphatic rings. The highest BCUT2D eigenvalue weighted by molar-refractivity contribution is 5.81. The third kappa shape index (κ3) is 3.66. The third-order valence-corrected chi connectivity index (χ3v) is 4.74. The highest BCUT2D eigenvalue weighted by Crippen LogP contribution is 2.10. The van der Waals surface area contributed by atoms with E-state index in [2.05, 4.69) is 15.4 Å². The lowest BCUT2D eigenvalue weighted by atomic mass is 10.2. The van der Waals surface area contributed by atoms with E-state index in [0.29, 0.717) is 23.0 Å². The van der Waals surface area contributed by atoms with Crippen molar-refractivity contribution >= 4 is 27.9 Å². The minimum Gasteiger partial charge on any atom is -0.406 e. The SMILES string of the molecule is CC[C@@H](Cn1c(=O)oc2cccnc21)NC(=O)Cn1ncc2ccccc2c1=O. The molecule has 0 radical (unpaired) electrons. The van der Waals surface area contributed by atoms with Crippen LogP contribution in [0.3, 0.4) is 0 Å². The maximum atomic E-state index is 12.5. The van der Waals surface area contributed by atoms with Gasteiger partial charge in [-0.3, -0.25) is 14.2 Å². The second-order valence-corrected chi connectivity index (χ2v) is 6.67. The molecule has 3 aromatic heterocycles. The first-order valence-electron chi connectivity index (χ1n) is 9.25. The summed E-state index contributed by atoms with van der Waals surface area (Å²) in [5.74, 6) is -0.894. The molecule has 29 heavy (non-hydrogen) atoms. The van der Waals surface area contributed by atoms with Crippen LogP contribution in [-0.2, 0) is 17.9 Å². The van der Waals surface area contributed by atoms with Crippen LogP contribution < -0.4 is 16.6 Å². The lowest BCUT2D eigenvalue weighted by Crippen LogP contribution is -2.42. The minimum absolute atomic E-state index is 0.209. The van der Waals surface area contributed by atoms with Crippen LogP contribution in [0.1, 0.15) is 13.3 Å². The van der Waals surface area contributed by atoms with Gasteiger partial charge < -0.3 is 9.73 Å². The van der Waals surface area contributed by atoms with Crippen LogP contribution in [-0.4, -0.2) is 31.3 Å². The van der Waals surface area contributed by atoms with E-state index in [1.54, 1.807) is 42.7 Å². The van der Waals surface area contributed by atoms with E-state index in [9.17, 15) is 14.4 Å². The van der Waals surface area contributed by atoms with Crippen LogP contribution in [0.2, 0.25) is 0 Å². The number of fused-ring (bicyclic) bond motifs is 2. The van der Waals surface area contributed by atoms with Crippen molar-refractivity contribution in [2.24, 2.45) is 0 Å². The molecule has 0 spiro atoms. The molecule has 0 saturated carbocycles. The van der Waals surface area contributed by atoms with E-state index in [-0.39, 0.29) is 30.6 Å². The van der Waals surface area contributed by atoms with Gasteiger partial charge in [-0.1, -0.05) is 25.1 Å². The predicted octanol–water partition coefficient (Wildman–Crippen LogP) is 1.29. The third-order valence-electron chi connectivity index (χ3n) is 4.74. The van der Waals surface area contributed by atoms with Crippen LogP contribution in [0.5, 0.6) is 0 Å². The smallest absolute Gasteiger partial charge is 0.406 e. The molecule has 0 unspecified atom stereocenters. The van der Waals surface area contributed by atoms with Crippen molar-refractivity contribution in [2.45, 2.75) is 32.5 Å². The lowest BCUT2D eigenvalue weighted by Gasteiger charge is -2.17. The van der Waals surface area contributed by atoms with E-state index in [1.165, 1.54) is 4.57 Å². The summed E-state index contributed by atoms with van der Waals surface area (Å²) in [4.78, 5) is 41.3. The van der Waals surface area contributed by atoms with Gasteiger partial charge in [0.1, 0.15) is 6.54 Å². The summed E-state index contributed by atoms with van der Waals surface area (Å²) in [7, 11) is 0. The Morgan fingerprint density at radius 1 is 1.21 bits per heavy atom. The first-order chi connectivity index (χ1) is 14.1. The van der Waals surface area contributed by atoms with Gasteiger partial charge in [0.25, 0.3) is 5.56 Å². The fourth-order valence-electron chi connectivity index (χ4n) is 3.21. The number of carbonyl (C=O) groups is 1. The Morgan fingerprint density at radius 3 is 2.86 bits per heavy atom. The number of oxazole rings is 1. The van der Waals surface area contributed by atoms with Gasteiger partial charge in [-0.15, -0.1) is 0 Å². The summed E-state index contributed by atoms with van der Waals surface area (Å²) in [6, 6.07) is 10.1. The van der Waals surface area contributed by atoms with Crippen molar-refractivity contribution < 1.29 is 9.21 Å². The zero-order valence-electron chi connectivity index (χ0n) is 15.7. The van der Waals surface area contributed by atoms with Gasteiger partial charge in [0.05, 0.1) is 18.1 Å². The molecule has 0 aliphatic heterocycles. The Kier molecular flexibility index (Phi) is 4.94. The monoisotopic (exact) mass is 393 g/mol. The first-order valence-corrected chi connectivity index (χ1v) is 9.25. The Hall–Kier alpha value is -3.75. The van der Waals surface area contributed by atoms with Crippen molar-refractivity contribution in [1.82, 2.24) is 24.6 Å². The zero-order chi connectivity index (χ0) is 20.4. The van der Waals surface area contributed by atoms with Gasteiger partial charge >= 0.3 is 5.76 Å². The quantitative estimate of drug-likeness (QED) is 0.528. The number of hydrogen-bond donors (Lipinski definition) is 1. The fourth-order valence-corrected chi connectivity index (χ4v) is 3.21. The Labute approximate surface area is 164 Å². The van der Waals surface area contributed by atoms with Gasteiger partial charge in [-0.2, -0.15) is 5.10 Å². The van der Waals surface area contributed by atoms with Gasteiger partial charge in [-0.25, -0.2) is 14.5 Å². The summed E-state index contributed by atoms with van der Waals surface area (Å²) < 4.78 is 7.70. The second-order valence-electron chi connectivity index (χ2n) is 6.67. The molecule has 1 N–H and O–H groups in total. The van der Waals surface area contributed by atoms with Crippen LogP contribution in [0.25, 0.3) is 22.0 Å². The number of nitrogens with one attached hydrogen (secondary N) is 1. The Balaban J connectivity index is 1.51. The average Bonchev–Trinajstić information content (AvgIpc) is 3.05. The molecule has 4 aromatic rings. The number of nitrogens with zero attached hydrogens (tertiary/aromatic N) is 4. The number of pyridine rings is 1. The van der Waals surface area contributed by atoms with Crippen LogP contribution in [0.15, 0.2) is 62.8 Å². The van der Waals surface area contributed by atoms with E-state index < -0.39 is 5.76 Å². The molecular formula is C20H19N5O4. The lowest BCUT2D eigenvalue weighted by molar-refractivity contribution is -0.122. The summed E-state index contributed by atoms with van der Waals surface area (Å²) in [5.41, 5.74) is 0.496. The standard InChI is InChI=1S/C20H19N5O4/c1-2-14(11-24-18-16(29-20(24)28)8-5-9-21-18)23-17(26)12-25-19(27)15-7-4-3-6-13(15)10-22-25/h3-10,14H,2,11-12H2,1H3,(H,23,26)/t14-/m0/s1. The molecule has 0 saturated heterocycles. The molecule has 3 heterocycles. The summed E-state index contributed by atoms with van der Waals surface area (Å²) >= 11 is 0. The maximum Gasteiger partial charge on any atom is 0.421 e. The predicted molar refractivity (Wildman–Crippen MR) is 106 cm³/mol. The number of amides is 1. The van der Waals surface area contributed by atoms with Crippen molar-refractivity contribution in [2.75, 3.05) is 0 Å². The molecule has 1 atom stereocenters. The van der Waals surface area contributed by atoms with Crippen molar-refractivity contribution in [3.63, 3.8) is 0 Å². The Bertz CT molecular complexity index is 1300. The molecule has 4 rings (SSSR count). The Morgan fingerprint density at radius 2 is 2.03 bits per heavy atom. The van der Waals surface area contributed by atoms with Crippen LogP contribution >= 0.6 is 0 Å². The minimum atomic E-state index is -0.529. The molecule has 9 heteroatoms. The number of benzene rings is 1. The molecule has 0 aliphatic carbocycles. The largest absolute Gasteiger partial charge is 0.421 e. The average molecular weight is 393 g/mol. The molecule has 0 fully saturated rings. The number of hydrogen-bond acceptors (Lipinski definition) is 6. The molecule has 148 valence electrons. The summed E-state index contributed by atoms with van der Waals surface area (Å²) in [6.45, 7) is 1.90. The van der Waals surface area contributed by atoms with E-state index in [4.69, 9.17) is 4.42 Å². The maximum absolute atomic E-state index is 12.5.